The zero-order valence-electron chi connectivity index (χ0n) is 6.25. The number of nitrogens with one attached hydrogen (secondary N) is 2. The van der Waals surface area contributed by atoms with Crippen molar-refractivity contribution in [2.24, 2.45) is 5.84 Å². The summed E-state index contributed by atoms with van der Waals surface area (Å²) >= 11 is 0. The van der Waals surface area contributed by atoms with Gasteiger partial charge < -0.3 is 4.98 Å². The molecule has 0 saturated carbocycles. The highest BCUT2D eigenvalue weighted by Crippen LogP contribution is 2.09. The van der Waals surface area contributed by atoms with E-state index >= 15 is 0 Å². The van der Waals surface area contributed by atoms with Crippen LogP contribution in [-0.2, 0) is 0 Å². The molecule has 1 atom stereocenters. The van der Waals surface area contributed by atoms with Crippen molar-refractivity contribution in [2.45, 2.75) is 12.5 Å². The highest BCUT2D eigenvalue weighted by Gasteiger charge is 2.08. The Balaban J connectivity index is 2.62. The van der Waals surface area contributed by atoms with Gasteiger partial charge in [-0.05, 0) is 6.42 Å². The number of hydrogen-bond donors (Lipinski definition) is 3. The van der Waals surface area contributed by atoms with Crippen LogP contribution in [0.25, 0.3) is 0 Å². The third-order valence-corrected chi connectivity index (χ3v) is 1.45. The quantitative estimate of drug-likeness (QED) is 0.334. The molecule has 0 spiro atoms. The van der Waals surface area contributed by atoms with Crippen LogP contribution < -0.4 is 11.3 Å². The number of nitrogens with two attached hydrogens (primary N) is 1. The molecular weight excluding hydrogens is 140 g/mol. The molecule has 1 rings (SSSR count). The van der Waals surface area contributed by atoms with E-state index in [-0.39, 0.29) is 6.04 Å². The van der Waals surface area contributed by atoms with Gasteiger partial charge in [0, 0.05) is 12.4 Å². The maximum atomic E-state index is 5.29. The summed E-state index contributed by atoms with van der Waals surface area (Å²) in [5.74, 6) is 6.13. The van der Waals surface area contributed by atoms with Crippen LogP contribution in [0.15, 0.2) is 25.0 Å². The molecule has 4 heteroatoms. The summed E-state index contributed by atoms with van der Waals surface area (Å²) in [4.78, 5) is 7.03. The predicted octanol–water partition coefficient (Wildman–Crippen LogP) is 0.490. The van der Waals surface area contributed by atoms with Crippen molar-refractivity contribution in [1.82, 2.24) is 15.4 Å². The van der Waals surface area contributed by atoms with Crippen LogP contribution in [-0.4, -0.2) is 9.97 Å². The zero-order valence-corrected chi connectivity index (χ0v) is 6.25. The molecule has 0 aliphatic carbocycles. The molecule has 1 aromatic rings. The van der Waals surface area contributed by atoms with Gasteiger partial charge in [-0.2, -0.15) is 0 Å². The van der Waals surface area contributed by atoms with Gasteiger partial charge in [-0.15, -0.1) is 6.58 Å². The van der Waals surface area contributed by atoms with E-state index in [2.05, 4.69) is 22.0 Å². The van der Waals surface area contributed by atoms with Gasteiger partial charge in [0.15, 0.2) is 0 Å². The van der Waals surface area contributed by atoms with Gasteiger partial charge in [-0.25, -0.2) is 10.4 Å². The van der Waals surface area contributed by atoms with E-state index in [1.54, 1.807) is 18.5 Å². The van der Waals surface area contributed by atoms with Crippen molar-refractivity contribution in [3.05, 3.63) is 30.9 Å². The van der Waals surface area contributed by atoms with Crippen LogP contribution >= 0.6 is 0 Å². The summed E-state index contributed by atoms with van der Waals surface area (Å²) < 4.78 is 0. The maximum absolute atomic E-state index is 5.29. The molecule has 0 fully saturated rings. The van der Waals surface area contributed by atoms with Crippen LogP contribution in [0.1, 0.15) is 18.3 Å². The van der Waals surface area contributed by atoms with Gasteiger partial charge in [-0.3, -0.25) is 5.84 Å². The smallest absolute Gasteiger partial charge is 0.124 e. The highest BCUT2D eigenvalue weighted by atomic mass is 15.2. The van der Waals surface area contributed by atoms with Crippen molar-refractivity contribution in [3.63, 3.8) is 0 Å². The lowest BCUT2D eigenvalue weighted by Gasteiger charge is -2.09. The summed E-state index contributed by atoms with van der Waals surface area (Å²) in [5.41, 5.74) is 2.64. The average Bonchev–Trinajstić information content (AvgIpc) is 2.52. The second-order valence-corrected chi connectivity index (χ2v) is 2.22. The molecule has 0 bridgehead atoms. The normalized spacial score (nSPS) is 12.8. The molecule has 0 saturated heterocycles. The molecular formula is C7H12N4. The Kier molecular flexibility index (Phi) is 2.83. The number of hydrazine groups is 1. The summed E-state index contributed by atoms with van der Waals surface area (Å²) in [5, 5.41) is 0. The molecule has 0 aliphatic rings. The second kappa shape index (κ2) is 3.90. The van der Waals surface area contributed by atoms with E-state index in [1.807, 2.05) is 0 Å². The number of imidazole rings is 1. The molecule has 11 heavy (non-hydrogen) atoms. The lowest BCUT2D eigenvalue weighted by Crippen LogP contribution is -2.28. The fourth-order valence-corrected chi connectivity index (χ4v) is 0.893. The third-order valence-electron chi connectivity index (χ3n) is 1.45. The highest BCUT2D eigenvalue weighted by molar-refractivity contribution is 4.97. The molecule has 0 aliphatic heterocycles. The zero-order chi connectivity index (χ0) is 8.10. The Bertz CT molecular complexity index is 204. The first-order chi connectivity index (χ1) is 5.38. The largest absolute Gasteiger partial charge is 0.347 e. The molecule has 1 unspecified atom stereocenters. The monoisotopic (exact) mass is 152 g/mol. The number of aromatic amines is 1. The Morgan fingerprint density at radius 3 is 3.18 bits per heavy atom. The predicted molar refractivity (Wildman–Crippen MR) is 43.5 cm³/mol. The van der Waals surface area contributed by atoms with Gasteiger partial charge >= 0.3 is 0 Å². The second-order valence-electron chi connectivity index (χ2n) is 2.22. The molecule has 4 N–H and O–H groups in total. The summed E-state index contributed by atoms with van der Waals surface area (Å²) in [6, 6.07) is 0.0440. The summed E-state index contributed by atoms with van der Waals surface area (Å²) in [6.07, 6.45) is 6.03. The first-order valence-corrected chi connectivity index (χ1v) is 3.44. The molecule has 1 aromatic heterocycles. The topological polar surface area (TPSA) is 66.7 Å². The summed E-state index contributed by atoms with van der Waals surface area (Å²) in [6.45, 7) is 3.62. The lowest BCUT2D eigenvalue weighted by atomic mass is 10.2. The molecule has 0 radical (unpaired) electrons. The maximum Gasteiger partial charge on any atom is 0.124 e. The van der Waals surface area contributed by atoms with E-state index in [0.29, 0.717) is 0 Å². The van der Waals surface area contributed by atoms with Crippen molar-refractivity contribution in [3.8, 4) is 0 Å². The number of rotatable bonds is 4. The lowest BCUT2D eigenvalue weighted by molar-refractivity contribution is 0.536. The Hall–Kier alpha value is -1.13. The third kappa shape index (κ3) is 1.89. The van der Waals surface area contributed by atoms with Gasteiger partial charge in [-0.1, -0.05) is 6.08 Å². The first kappa shape index (κ1) is 7.97. The Morgan fingerprint density at radius 1 is 1.91 bits per heavy atom. The van der Waals surface area contributed by atoms with E-state index < -0.39 is 0 Å². The Morgan fingerprint density at radius 2 is 2.73 bits per heavy atom. The molecule has 4 nitrogen and oxygen atoms in total. The Labute approximate surface area is 65.5 Å². The molecule has 0 amide bonds. The van der Waals surface area contributed by atoms with Crippen molar-refractivity contribution in [2.75, 3.05) is 0 Å². The minimum Gasteiger partial charge on any atom is -0.347 e. The molecule has 0 aromatic carbocycles. The van der Waals surface area contributed by atoms with Gasteiger partial charge in [0.2, 0.25) is 0 Å². The van der Waals surface area contributed by atoms with Crippen LogP contribution in [0.2, 0.25) is 0 Å². The minimum atomic E-state index is 0.0440. The average molecular weight is 152 g/mol. The summed E-state index contributed by atoms with van der Waals surface area (Å²) in [7, 11) is 0. The SMILES string of the molecule is C=CCC(NN)c1ncc[nH]1. The van der Waals surface area contributed by atoms with E-state index in [1.165, 1.54) is 0 Å². The van der Waals surface area contributed by atoms with E-state index in [9.17, 15) is 0 Å². The molecule has 1 heterocycles. The van der Waals surface area contributed by atoms with Gasteiger partial charge in [0.05, 0.1) is 6.04 Å². The van der Waals surface area contributed by atoms with Crippen molar-refractivity contribution in [1.29, 1.82) is 0 Å². The number of hydrogen-bond acceptors (Lipinski definition) is 3. The number of nitrogens with zero attached hydrogens (tertiary/aromatic N) is 1. The van der Waals surface area contributed by atoms with Gasteiger partial charge in [0.25, 0.3) is 0 Å². The molecule has 60 valence electrons. The fraction of sp³-hybridized carbons (Fsp3) is 0.286. The van der Waals surface area contributed by atoms with E-state index in [4.69, 9.17) is 5.84 Å². The van der Waals surface area contributed by atoms with Crippen LogP contribution in [0.3, 0.4) is 0 Å². The minimum absolute atomic E-state index is 0.0440. The first-order valence-electron chi connectivity index (χ1n) is 3.44. The van der Waals surface area contributed by atoms with E-state index in [0.717, 1.165) is 12.2 Å². The van der Waals surface area contributed by atoms with Crippen LogP contribution in [0, 0.1) is 0 Å². The number of H-pyrrole nitrogens is 1. The van der Waals surface area contributed by atoms with Crippen molar-refractivity contribution < 1.29 is 0 Å². The number of aromatic nitrogens is 2. The fourth-order valence-electron chi connectivity index (χ4n) is 0.893. The van der Waals surface area contributed by atoms with Crippen LogP contribution in [0.4, 0.5) is 0 Å². The standard InChI is InChI=1S/C7H12N4/c1-2-3-6(11-8)7-9-4-5-10-7/h2,4-6,11H,1,3,8H2,(H,9,10). The van der Waals surface area contributed by atoms with Crippen LogP contribution in [0.5, 0.6) is 0 Å². The van der Waals surface area contributed by atoms with Gasteiger partial charge in [0.1, 0.15) is 5.82 Å². The van der Waals surface area contributed by atoms with Crippen molar-refractivity contribution >= 4 is 0 Å².